The minimum absolute atomic E-state index is 0.00322. The molecule has 2 atom stereocenters. The van der Waals surface area contributed by atoms with Crippen LogP contribution in [0.5, 0.6) is 5.75 Å². The highest BCUT2D eigenvalue weighted by atomic mass is 16.5. The van der Waals surface area contributed by atoms with Crippen LogP contribution in [0.25, 0.3) is 0 Å². The summed E-state index contributed by atoms with van der Waals surface area (Å²) in [7, 11) is 1.57. The van der Waals surface area contributed by atoms with Crippen molar-refractivity contribution in [3.05, 3.63) is 24.3 Å². The molecule has 0 heterocycles. The molecule has 5 heteroatoms. The second kappa shape index (κ2) is 9.43. The van der Waals surface area contributed by atoms with Gasteiger partial charge in [0, 0.05) is 19.0 Å². The first-order valence-corrected chi connectivity index (χ1v) is 7.76. The van der Waals surface area contributed by atoms with Crippen molar-refractivity contribution < 1.29 is 14.6 Å². The summed E-state index contributed by atoms with van der Waals surface area (Å²) in [6.45, 7) is 6.59. The van der Waals surface area contributed by atoms with Crippen molar-refractivity contribution in [2.24, 2.45) is 5.92 Å². The molecule has 1 amide bonds. The van der Waals surface area contributed by atoms with E-state index in [1.54, 1.807) is 19.2 Å². The average Bonchev–Trinajstić information content (AvgIpc) is 2.45. The molecule has 0 fully saturated rings. The number of rotatable bonds is 9. The monoisotopic (exact) mass is 308 g/mol. The van der Waals surface area contributed by atoms with E-state index in [1.165, 1.54) is 0 Å². The number of carbonyl (C=O) groups excluding carboxylic acids is 1. The van der Waals surface area contributed by atoms with Crippen molar-refractivity contribution in [1.82, 2.24) is 5.32 Å². The van der Waals surface area contributed by atoms with Crippen LogP contribution in [-0.4, -0.2) is 36.8 Å². The van der Waals surface area contributed by atoms with Gasteiger partial charge in [-0.2, -0.15) is 0 Å². The number of amides is 1. The summed E-state index contributed by atoms with van der Waals surface area (Å²) in [6.07, 6.45) is 0.722. The Morgan fingerprint density at radius 3 is 2.59 bits per heavy atom. The molecule has 0 aromatic heterocycles. The van der Waals surface area contributed by atoms with Crippen LogP contribution in [-0.2, 0) is 4.79 Å². The zero-order valence-corrected chi connectivity index (χ0v) is 13.9. The summed E-state index contributed by atoms with van der Waals surface area (Å²) in [4.78, 5) is 12.0. The summed E-state index contributed by atoms with van der Waals surface area (Å²) in [5, 5.41) is 15.9. The predicted molar refractivity (Wildman–Crippen MR) is 89.2 cm³/mol. The number of para-hydroxylation sites is 2. The van der Waals surface area contributed by atoms with Gasteiger partial charge in [0.05, 0.1) is 18.9 Å². The van der Waals surface area contributed by atoms with E-state index < -0.39 is 0 Å². The van der Waals surface area contributed by atoms with Gasteiger partial charge >= 0.3 is 0 Å². The van der Waals surface area contributed by atoms with Crippen molar-refractivity contribution in [2.75, 3.05) is 19.0 Å². The van der Waals surface area contributed by atoms with E-state index in [2.05, 4.69) is 24.5 Å². The third-order valence-electron chi connectivity index (χ3n) is 3.32. The SMILES string of the molecule is COc1ccccc1NC(=O)CC(C)NCC(O)CC(C)C. The van der Waals surface area contributed by atoms with E-state index >= 15 is 0 Å². The van der Waals surface area contributed by atoms with Gasteiger partial charge in [-0.15, -0.1) is 0 Å². The summed E-state index contributed by atoms with van der Waals surface area (Å²) < 4.78 is 5.20. The zero-order chi connectivity index (χ0) is 16.5. The highest BCUT2D eigenvalue weighted by molar-refractivity contribution is 5.92. The van der Waals surface area contributed by atoms with Crippen LogP contribution in [0.15, 0.2) is 24.3 Å². The maximum absolute atomic E-state index is 12.0. The van der Waals surface area contributed by atoms with Gasteiger partial charge in [0.1, 0.15) is 5.75 Å². The lowest BCUT2D eigenvalue weighted by atomic mass is 10.1. The van der Waals surface area contributed by atoms with Crippen LogP contribution in [0.3, 0.4) is 0 Å². The lowest BCUT2D eigenvalue weighted by Gasteiger charge is -2.18. The predicted octanol–water partition coefficient (Wildman–Crippen LogP) is 2.41. The Kier molecular flexibility index (Phi) is 7.91. The Morgan fingerprint density at radius 2 is 1.95 bits per heavy atom. The summed E-state index contributed by atoms with van der Waals surface area (Å²) >= 11 is 0. The number of carbonyl (C=O) groups is 1. The Morgan fingerprint density at radius 1 is 1.27 bits per heavy atom. The Labute approximate surface area is 133 Å². The van der Waals surface area contributed by atoms with Gasteiger partial charge < -0.3 is 20.5 Å². The van der Waals surface area contributed by atoms with Crippen LogP contribution >= 0.6 is 0 Å². The summed E-state index contributed by atoms with van der Waals surface area (Å²) in [6, 6.07) is 7.31. The summed E-state index contributed by atoms with van der Waals surface area (Å²) in [5.41, 5.74) is 0.669. The van der Waals surface area contributed by atoms with Gasteiger partial charge in [0.15, 0.2) is 0 Å². The largest absolute Gasteiger partial charge is 0.495 e. The van der Waals surface area contributed by atoms with Gasteiger partial charge in [-0.05, 0) is 31.4 Å². The molecular formula is C17H28N2O3. The van der Waals surface area contributed by atoms with Gasteiger partial charge in [-0.1, -0.05) is 26.0 Å². The zero-order valence-electron chi connectivity index (χ0n) is 13.9. The second-order valence-corrected chi connectivity index (χ2v) is 6.05. The topological polar surface area (TPSA) is 70.6 Å². The fourth-order valence-corrected chi connectivity index (χ4v) is 2.26. The lowest BCUT2D eigenvalue weighted by Crippen LogP contribution is -2.36. The van der Waals surface area contributed by atoms with Crippen molar-refractivity contribution in [2.45, 2.75) is 45.8 Å². The van der Waals surface area contributed by atoms with Crippen molar-refractivity contribution in [3.8, 4) is 5.75 Å². The van der Waals surface area contributed by atoms with E-state index in [9.17, 15) is 9.90 Å². The maximum Gasteiger partial charge on any atom is 0.226 e. The molecule has 0 aliphatic carbocycles. The molecule has 5 nitrogen and oxygen atoms in total. The average molecular weight is 308 g/mol. The van der Waals surface area contributed by atoms with E-state index in [-0.39, 0.29) is 18.1 Å². The molecule has 22 heavy (non-hydrogen) atoms. The first-order chi connectivity index (χ1) is 10.4. The third kappa shape index (κ3) is 6.91. The molecule has 0 aliphatic heterocycles. The minimum Gasteiger partial charge on any atom is -0.495 e. The van der Waals surface area contributed by atoms with Gasteiger partial charge in [-0.25, -0.2) is 0 Å². The minimum atomic E-state index is -0.375. The molecule has 0 spiro atoms. The molecule has 124 valence electrons. The fourth-order valence-electron chi connectivity index (χ4n) is 2.26. The molecule has 0 saturated carbocycles. The number of hydrogen-bond acceptors (Lipinski definition) is 4. The first kappa shape index (κ1) is 18.5. The molecule has 1 rings (SSSR count). The number of aliphatic hydroxyl groups excluding tert-OH is 1. The quantitative estimate of drug-likeness (QED) is 0.655. The molecular weight excluding hydrogens is 280 g/mol. The molecule has 3 N–H and O–H groups in total. The van der Waals surface area contributed by atoms with Crippen molar-refractivity contribution in [1.29, 1.82) is 0 Å². The Bertz CT molecular complexity index is 463. The number of benzene rings is 1. The summed E-state index contributed by atoms with van der Waals surface area (Å²) in [5.74, 6) is 1.02. The fraction of sp³-hybridized carbons (Fsp3) is 0.588. The number of hydrogen-bond donors (Lipinski definition) is 3. The third-order valence-corrected chi connectivity index (χ3v) is 3.32. The van der Waals surface area contributed by atoms with Crippen LogP contribution in [0.4, 0.5) is 5.69 Å². The number of methoxy groups -OCH3 is 1. The normalized spacial score (nSPS) is 13.7. The highest BCUT2D eigenvalue weighted by Crippen LogP contribution is 2.23. The molecule has 0 aliphatic rings. The molecule has 1 aromatic rings. The number of ether oxygens (including phenoxy) is 1. The number of nitrogens with one attached hydrogen (secondary N) is 2. The van der Waals surface area contributed by atoms with E-state index in [0.717, 1.165) is 6.42 Å². The van der Waals surface area contributed by atoms with Gasteiger partial charge in [0.25, 0.3) is 0 Å². The van der Waals surface area contributed by atoms with E-state index in [0.29, 0.717) is 30.3 Å². The smallest absolute Gasteiger partial charge is 0.226 e. The molecule has 2 unspecified atom stereocenters. The Balaban J connectivity index is 2.38. The van der Waals surface area contributed by atoms with Crippen LogP contribution < -0.4 is 15.4 Å². The Hall–Kier alpha value is -1.59. The van der Waals surface area contributed by atoms with Crippen molar-refractivity contribution >= 4 is 11.6 Å². The van der Waals surface area contributed by atoms with Crippen LogP contribution in [0, 0.1) is 5.92 Å². The lowest BCUT2D eigenvalue weighted by molar-refractivity contribution is -0.116. The van der Waals surface area contributed by atoms with Gasteiger partial charge in [0.2, 0.25) is 5.91 Å². The number of anilines is 1. The van der Waals surface area contributed by atoms with Crippen LogP contribution in [0.2, 0.25) is 0 Å². The highest BCUT2D eigenvalue weighted by Gasteiger charge is 2.13. The maximum atomic E-state index is 12.0. The molecule has 0 radical (unpaired) electrons. The van der Waals surface area contributed by atoms with Crippen molar-refractivity contribution in [3.63, 3.8) is 0 Å². The molecule has 0 bridgehead atoms. The second-order valence-electron chi connectivity index (χ2n) is 6.05. The van der Waals surface area contributed by atoms with E-state index in [4.69, 9.17) is 4.74 Å². The molecule has 1 aromatic carbocycles. The standard InChI is InChI=1S/C17H28N2O3/c1-12(2)9-14(20)11-18-13(3)10-17(21)19-15-7-5-6-8-16(15)22-4/h5-8,12-14,18,20H,9-11H2,1-4H3,(H,19,21). The van der Waals surface area contributed by atoms with Gasteiger partial charge in [-0.3, -0.25) is 4.79 Å². The number of aliphatic hydroxyl groups is 1. The van der Waals surface area contributed by atoms with E-state index in [1.807, 2.05) is 19.1 Å². The molecule has 0 saturated heterocycles. The van der Waals surface area contributed by atoms with Crippen LogP contribution in [0.1, 0.15) is 33.6 Å². The first-order valence-electron chi connectivity index (χ1n) is 7.76.